The molecular formula is C22H18FN3O4S2. The predicted molar refractivity (Wildman–Crippen MR) is 118 cm³/mol. The summed E-state index contributed by atoms with van der Waals surface area (Å²) in [5, 5.41) is 4.74. The van der Waals surface area contributed by atoms with Gasteiger partial charge >= 0.3 is 0 Å². The summed E-state index contributed by atoms with van der Waals surface area (Å²) in [6.45, 7) is 0.0556. The van der Waals surface area contributed by atoms with Crippen molar-refractivity contribution in [3.8, 4) is 10.4 Å². The number of rotatable bonds is 4. The standard InChI is InChI=1S/C22H18FN3O4S2/c23-14-4-6-16(7-5-14)32(29,30)25-15-11-19-21(27)24-18-8-3-13(20-2-1-9-31-20)10-17(18)22(28)26(19)12-15/h1-10,15,19,25H,11-12H2,(H,24,27)/t15-,19-/m0/s1. The second-order valence-corrected chi connectivity index (χ2v) is 10.4. The van der Waals surface area contributed by atoms with Crippen molar-refractivity contribution in [3.05, 3.63) is 71.4 Å². The molecule has 3 aromatic rings. The Morgan fingerprint density at radius 1 is 1.09 bits per heavy atom. The number of hydrogen-bond donors (Lipinski definition) is 2. The number of anilines is 1. The smallest absolute Gasteiger partial charge is 0.256 e. The molecule has 2 N–H and O–H groups in total. The third-order valence-electron chi connectivity index (χ3n) is 5.62. The molecule has 1 saturated heterocycles. The second kappa shape index (κ2) is 7.80. The molecule has 32 heavy (non-hydrogen) atoms. The van der Waals surface area contributed by atoms with Crippen LogP contribution in [-0.2, 0) is 14.8 Å². The normalized spacial score (nSPS) is 20.5. The Balaban J connectivity index is 1.41. The van der Waals surface area contributed by atoms with E-state index < -0.39 is 27.9 Å². The SMILES string of the molecule is O=C1Nc2ccc(-c3cccs3)cc2C(=O)N2C[C@@H](NS(=O)(=O)c3ccc(F)cc3)C[C@@H]12. The van der Waals surface area contributed by atoms with Crippen molar-refractivity contribution in [1.29, 1.82) is 0 Å². The minimum absolute atomic E-state index is 0.0556. The molecule has 0 saturated carbocycles. The zero-order valence-corrected chi connectivity index (χ0v) is 18.3. The second-order valence-electron chi connectivity index (χ2n) is 7.71. The maximum atomic E-state index is 13.3. The molecule has 1 aromatic heterocycles. The first-order valence-electron chi connectivity index (χ1n) is 9.89. The Morgan fingerprint density at radius 2 is 1.88 bits per heavy atom. The van der Waals surface area contributed by atoms with Gasteiger partial charge in [0.05, 0.1) is 16.1 Å². The molecule has 0 radical (unpaired) electrons. The number of fused-ring (bicyclic) bond motifs is 2. The molecule has 10 heteroatoms. The lowest BCUT2D eigenvalue weighted by Crippen LogP contribution is -2.41. The Kier molecular flexibility index (Phi) is 5.07. The number of halogens is 1. The van der Waals surface area contributed by atoms with Crippen LogP contribution in [0.3, 0.4) is 0 Å². The predicted octanol–water partition coefficient (Wildman–Crippen LogP) is 3.07. The Hall–Kier alpha value is -3.08. The van der Waals surface area contributed by atoms with Gasteiger partial charge in [-0.1, -0.05) is 12.1 Å². The summed E-state index contributed by atoms with van der Waals surface area (Å²) in [4.78, 5) is 28.5. The minimum atomic E-state index is -3.93. The number of carbonyl (C=O) groups is 2. The highest BCUT2D eigenvalue weighted by Gasteiger charge is 2.44. The van der Waals surface area contributed by atoms with Crippen molar-refractivity contribution < 1.29 is 22.4 Å². The molecule has 2 aliphatic heterocycles. The summed E-state index contributed by atoms with van der Waals surface area (Å²) in [7, 11) is -3.93. The first-order valence-corrected chi connectivity index (χ1v) is 12.3. The van der Waals surface area contributed by atoms with E-state index >= 15 is 0 Å². The van der Waals surface area contributed by atoms with Gasteiger partial charge in [0.15, 0.2) is 0 Å². The van der Waals surface area contributed by atoms with E-state index in [2.05, 4.69) is 10.0 Å². The number of thiophene rings is 1. The molecule has 164 valence electrons. The van der Waals surface area contributed by atoms with Crippen LogP contribution >= 0.6 is 11.3 Å². The quantitative estimate of drug-likeness (QED) is 0.611. The Labute approximate surface area is 187 Å². The molecule has 0 aliphatic carbocycles. The van der Waals surface area contributed by atoms with Gasteiger partial charge in [-0.3, -0.25) is 9.59 Å². The molecule has 5 rings (SSSR count). The van der Waals surface area contributed by atoms with E-state index in [1.165, 1.54) is 17.0 Å². The monoisotopic (exact) mass is 471 g/mol. The van der Waals surface area contributed by atoms with Crippen molar-refractivity contribution in [2.75, 3.05) is 11.9 Å². The topological polar surface area (TPSA) is 95.6 Å². The maximum absolute atomic E-state index is 13.3. The van der Waals surface area contributed by atoms with Gasteiger partial charge in [-0.25, -0.2) is 17.5 Å². The Morgan fingerprint density at radius 3 is 2.59 bits per heavy atom. The van der Waals surface area contributed by atoms with Gasteiger partial charge in [-0.15, -0.1) is 11.3 Å². The molecule has 2 amide bonds. The summed E-state index contributed by atoms with van der Waals surface area (Å²) < 4.78 is 41.0. The van der Waals surface area contributed by atoms with Crippen LogP contribution in [0, 0.1) is 5.82 Å². The van der Waals surface area contributed by atoms with E-state index in [9.17, 15) is 22.4 Å². The third-order valence-corrected chi connectivity index (χ3v) is 8.08. The molecule has 3 heterocycles. The highest BCUT2D eigenvalue weighted by molar-refractivity contribution is 7.89. The van der Waals surface area contributed by atoms with Crippen LogP contribution in [0.15, 0.2) is 64.9 Å². The highest BCUT2D eigenvalue weighted by Crippen LogP contribution is 2.33. The molecule has 7 nitrogen and oxygen atoms in total. The van der Waals surface area contributed by atoms with Crippen LogP contribution in [0.4, 0.5) is 10.1 Å². The minimum Gasteiger partial charge on any atom is -0.325 e. The summed E-state index contributed by atoms with van der Waals surface area (Å²) in [5.41, 5.74) is 1.68. The zero-order valence-electron chi connectivity index (χ0n) is 16.6. The zero-order chi connectivity index (χ0) is 22.5. The average molecular weight is 472 g/mol. The summed E-state index contributed by atoms with van der Waals surface area (Å²) in [5.74, 6) is -1.23. The van der Waals surface area contributed by atoms with Crippen LogP contribution in [0.1, 0.15) is 16.8 Å². The number of hydrogen-bond acceptors (Lipinski definition) is 5. The largest absolute Gasteiger partial charge is 0.325 e. The third kappa shape index (κ3) is 3.70. The molecule has 0 bridgehead atoms. The van der Waals surface area contributed by atoms with E-state index in [1.54, 1.807) is 23.5 Å². The van der Waals surface area contributed by atoms with Gasteiger partial charge in [-0.05, 0) is 59.8 Å². The van der Waals surface area contributed by atoms with Crippen LogP contribution in [0.5, 0.6) is 0 Å². The van der Waals surface area contributed by atoms with Crippen LogP contribution < -0.4 is 10.0 Å². The number of benzene rings is 2. The van der Waals surface area contributed by atoms with Crippen LogP contribution in [0.25, 0.3) is 10.4 Å². The fourth-order valence-corrected chi connectivity index (χ4v) is 6.06. The van der Waals surface area contributed by atoms with Gasteiger partial charge in [0.2, 0.25) is 15.9 Å². The number of nitrogens with one attached hydrogen (secondary N) is 2. The molecule has 2 atom stereocenters. The van der Waals surface area contributed by atoms with E-state index in [1.807, 2.05) is 23.6 Å². The van der Waals surface area contributed by atoms with Crippen molar-refractivity contribution in [3.63, 3.8) is 0 Å². The lowest BCUT2D eigenvalue weighted by molar-refractivity contribution is -0.119. The molecule has 2 aliphatic rings. The van der Waals surface area contributed by atoms with Gasteiger partial charge < -0.3 is 10.2 Å². The summed E-state index contributed by atoms with van der Waals surface area (Å²) >= 11 is 1.55. The van der Waals surface area contributed by atoms with Gasteiger partial charge in [0.25, 0.3) is 5.91 Å². The molecule has 2 aromatic carbocycles. The van der Waals surface area contributed by atoms with Crippen molar-refractivity contribution in [2.24, 2.45) is 0 Å². The molecule has 0 unspecified atom stereocenters. The van der Waals surface area contributed by atoms with Crippen molar-refractivity contribution >= 4 is 38.9 Å². The molecule has 0 spiro atoms. The maximum Gasteiger partial charge on any atom is 0.256 e. The fraction of sp³-hybridized carbons (Fsp3) is 0.182. The van der Waals surface area contributed by atoms with E-state index in [4.69, 9.17) is 0 Å². The first-order chi connectivity index (χ1) is 15.3. The average Bonchev–Trinajstić information content (AvgIpc) is 3.42. The number of nitrogens with zero attached hydrogens (tertiary/aromatic N) is 1. The molecule has 1 fully saturated rings. The van der Waals surface area contributed by atoms with Crippen LogP contribution in [0.2, 0.25) is 0 Å². The number of sulfonamides is 1. The van der Waals surface area contributed by atoms with Crippen molar-refractivity contribution in [2.45, 2.75) is 23.4 Å². The lowest BCUT2D eigenvalue weighted by Gasteiger charge is -2.20. The van der Waals surface area contributed by atoms with Gasteiger partial charge in [-0.2, -0.15) is 0 Å². The van der Waals surface area contributed by atoms with E-state index in [0.29, 0.717) is 11.3 Å². The first kappa shape index (κ1) is 20.8. The molecular weight excluding hydrogens is 453 g/mol. The van der Waals surface area contributed by atoms with E-state index in [-0.39, 0.29) is 29.7 Å². The Bertz CT molecular complexity index is 1310. The summed E-state index contributed by atoms with van der Waals surface area (Å²) in [6.07, 6.45) is 0.143. The van der Waals surface area contributed by atoms with Crippen molar-refractivity contribution in [1.82, 2.24) is 9.62 Å². The number of amides is 2. The van der Waals surface area contributed by atoms with Crippen LogP contribution in [-0.4, -0.2) is 43.8 Å². The van der Waals surface area contributed by atoms with E-state index in [0.717, 1.165) is 22.6 Å². The number of carbonyl (C=O) groups excluding carboxylic acids is 2. The summed E-state index contributed by atoms with van der Waals surface area (Å²) in [6, 6.07) is 12.2. The highest BCUT2D eigenvalue weighted by atomic mass is 32.2. The van der Waals surface area contributed by atoms with Gasteiger partial charge in [0.1, 0.15) is 11.9 Å². The lowest BCUT2D eigenvalue weighted by atomic mass is 10.1. The van der Waals surface area contributed by atoms with Gasteiger partial charge in [0, 0.05) is 17.5 Å². The fourth-order valence-electron chi connectivity index (χ4n) is 4.09.